The van der Waals surface area contributed by atoms with Crippen LogP contribution < -0.4 is 5.32 Å². The Morgan fingerprint density at radius 2 is 1.95 bits per heavy atom. The molecule has 0 atom stereocenters. The lowest BCUT2D eigenvalue weighted by Crippen LogP contribution is -2.16. The Kier molecular flexibility index (Phi) is 4.23. The van der Waals surface area contributed by atoms with Crippen molar-refractivity contribution in [2.75, 3.05) is 5.32 Å². The highest BCUT2D eigenvalue weighted by Crippen LogP contribution is 2.22. The van der Waals surface area contributed by atoms with E-state index in [1.165, 1.54) is 18.2 Å². The first-order valence-corrected chi connectivity index (χ1v) is 6.37. The highest BCUT2D eigenvalue weighted by atomic mass is 35.5. The third kappa shape index (κ3) is 3.20. The lowest BCUT2D eigenvalue weighted by molar-refractivity contribution is 0.0697. The molecule has 0 heterocycles. The monoisotopic (exact) mass is 307 g/mol. The SMILES string of the molecule is Cc1cc(C(=O)Nc2c(F)cccc2C(=O)O)ccc1Cl. The van der Waals surface area contributed by atoms with Gasteiger partial charge in [-0.3, -0.25) is 4.79 Å². The number of rotatable bonds is 3. The van der Waals surface area contributed by atoms with Crippen molar-refractivity contribution >= 4 is 29.2 Å². The van der Waals surface area contributed by atoms with Crippen LogP contribution in [0.15, 0.2) is 36.4 Å². The first-order chi connectivity index (χ1) is 9.90. The molecule has 4 nitrogen and oxygen atoms in total. The topological polar surface area (TPSA) is 66.4 Å². The van der Waals surface area contributed by atoms with E-state index in [1.54, 1.807) is 19.1 Å². The largest absolute Gasteiger partial charge is 0.478 e. The second-order valence-electron chi connectivity index (χ2n) is 4.39. The molecule has 2 aromatic carbocycles. The predicted molar refractivity (Wildman–Crippen MR) is 77.5 cm³/mol. The van der Waals surface area contributed by atoms with Gasteiger partial charge >= 0.3 is 5.97 Å². The Labute approximate surface area is 125 Å². The number of halogens is 2. The number of hydrogen-bond donors (Lipinski definition) is 2. The first kappa shape index (κ1) is 15.0. The van der Waals surface area contributed by atoms with Crippen LogP contribution in [0.5, 0.6) is 0 Å². The smallest absolute Gasteiger partial charge is 0.337 e. The molecule has 2 aromatic rings. The zero-order valence-electron chi connectivity index (χ0n) is 11.0. The number of nitrogens with one attached hydrogen (secondary N) is 1. The second-order valence-corrected chi connectivity index (χ2v) is 4.79. The van der Waals surface area contributed by atoms with Crippen LogP contribution in [0.3, 0.4) is 0 Å². The first-order valence-electron chi connectivity index (χ1n) is 5.99. The van der Waals surface area contributed by atoms with Gasteiger partial charge in [0.2, 0.25) is 0 Å². The van der Waals surface area contributed by atoms with Gasteiger partial charge < -0.3 is 10.4 Å². The van der Waals surface area contributed by atoms with Crippen molar-refractivity contribution in [3.05, 3.63) is 63.9 Å². The van der Waals surface area contributed by atoms with Gasteiger partial charge in [0.25, 0.3) is 5.91 Å². The number of aromatic carboxylic acids is 1. The Morgan fingerprint density at radius 1 is 1.24 bits per heavy atom. The molecule has 0 aliphatic heterocycles. The molecule has 0 saturated heterocycles. The van der Waals surface area contributed by atoms with Crippen LogP contribution in [0.1, 0.15) is 26.3 Å². The Morgan fingerprint density at radius 3 is 2.57 bits per heavy atom. The molecule has 21 heavy (non-hydrogen) atoms. The predicted octanol–water partition coefficient (Wildman–Crippen LogP) is 3.74. The minimum Gasteiger partial charge on any atom is -0.478 e. The second kappa shape index (κ2) is 5.93. The number of amides is 1. The van der Waals surface area contributed by atoms with E-state index in [4.69, 9.17) is 16.7 Å². The van der Waals surface area contributed by atoms with E-state index in [9.17, 15) is 14.0 Å². The molecule has 0 saturated carbocycles. The number of carbonyl (C=O) groups excluding carboxylic acids is 1. The molecule has 0 radical (unpaired) electrons. The molecule has 0 bridgehead atoms. The summed E-state index contributed by atoms with van der Waals surface area (Å²) in [5, 5.41) is 11.8. The van der Waals surface area contributed by atoms with Crippen molar-refractivity contribution < 1.29 is 19.1 Å². The van der Waals surface area contributed by atoms with Crippen LogP contribution in [-0.2, 0) is 0 Å². The third-order valence-electron chi connectivity index (χ3n) is 2.90. The number of anilines is 1. The van der Waals surface area contributed by atoms with Crippen LogP contribution in [-0.4, -0.2) is 17.0 Å². The summed E-state index contributed by atoms with van der Waals surface area (Å²) in [7, 11) is 0. The molecule has 0 unspecified atom stereocenters. The van der Waals surface area contributed by atoms with Crippen LogP contribution >= 0.6 is 11.6 Å². The summed E-state index contributed by atoms with van der Waals surface area (Å²) in [4.78, 5) is 23.1. The third-order valence-corrected chi connectivity index (χ3v) is 3.33. The lowest BCUT2D eigenvalue weighted by Gasteiger charge is -2.10. The summed E-state index contributed by atoms with van der Waals surface area (Å²) in [6.07, 6.45) is 0. The van der Waals surface area contributed by atoms with Crippen molar-refractivity contribution in [2.45, 2.75) is 6.92 Å². The molecule has 108 valence electrons. The summed E-state index contributed by atoms with van der Waals surface area (Å²) >= 11 is 5.87. The normalized spacial score (nSPS) is 10.2. The molecule has 6 heteroatoms. The van der Waals surface area contributed by atoms with E-state index in [2.05, 4.69) is 5.32 Å². The number of carboxylic acid groups (broad SMARTS) is 1. The van der Waals surface area contributed by atoms with Gasteiger partial charge in [0.15, 0.2) is 0 Å². The molecule has 0 aliphatic carbocycles. The van der Waals surface area contributed by atoms with Crippen molar-refractivity contribution in [2.24, 2.45) is 0 Å². The van der Waals surface area contributed by atoms with Crippen molar-refractivity contribution in [1.82, 2.24) is 0 Å². The van der Waals surface area contributed by atoms with Crippen LogP contribution in [0.25, 0.3) is 0 Å². The molecular formula is C15H11ClFNO3. The van der Waals surface area contributed by atoms with Gasteiger partial charge in [-0.2, -0.15) is 0 Å². The summed E-state index contributed by atoms with van der Waals surface area (Å²) in [5.74, 6) is -2.74. The van der Waals surface area contributed by atoms with Crippen molar-refractivity contribution in [1.29, 1.82) is 0 Å². The van der Waals surface area contributed by atoms with E-state index in [0.29, 0.717) is 10.6 Å². The lowest BCUT2D eigenvalue weighted by atomic mass is 10.1. The molecule has 0 aliphatic rings. The van der Waals surface area contributed by atoms with Gasteiger partial charge in [-0.05, 0) is 42.8 Å². The van der Waals surface area contributed by atoms with Gasteiger partial charge in [-0.1, -0.05) is 17.7 Å². The van der Waals surface area contributed by atoms with Gasteiger partial charge in [-0.25, -0.2) is 9.18 Å². The maximum atomic E-state index is 13.7. The minimum absolute atomic E-state index is 0.261. The van der Waals surface area contributed by atoms with E-state index < -0.39 is 17.7 Å². The Bertz CT molecular complexity index is 731. The highest BCUT2D eigenvalue weighted by molar-refractivity contribution is 6.31. The van der Waals surface area contributed by atoms with Crippen molar-refractivity contribution in [3.63, 3.8) is 0 Å². The maximum Gasteiger partial charge on any atom is 0.337 e. The van der Waals surface area contributed by atoms with Crippen molar-refractivity contribution in [3.8, 4) is 0 Å². The number of benzene rings is 2. The fourth-order valence-electron chi connectivity index (χ4n) is 1.80. The Balaban J connectivity index is 2.36. The zero-order valence-corrected chi connectivity index (χ0v) is 11.7. The quantitative estimate of drug-likeness (QED) is 0.907. The molecule has 0 spiro atoms. The number of aryl methyl sites for hydroxylation is 1. The maximum absolute atomic E-state index is 13.7. The summed E-state index contributed by atoms with van der Waals surface area (Å²) < 4.78 is 13.7. The summed E-state index contributed by atoms with van der Waals surface area (Å²) in [5.41, 5.74) is 0.282. The van der Waals surface area contributed by atoms with Gasteiger partial charge in [-0.15, -0.1) is 0 Å². The van der Waals surface area contributed by atoms with Gasteiger partial charge in [0.1, 0.15) is 5.82 Å². The van der Waals surface area contributed by atoms with Gasteiger partial charge in [0.05, 0.1) is 11.3 Å². The molecular weight excluding hydrogens is 297 g/mol. The fraction of sp³-hybridized carbons (Fsp3) is 0.0667. The summed E-state index contributed by atoms with van der Waals surface area (Å²) in [6.45, 7) is 1.73. The Hall–Kier alpha value is -2.40. The van der Waals surface area contributed by atoms with E-state index in [1.807, 2.05) is 0 Å². The molecule has 1 amide bonds. The summed E-state index contributed by atoms with van der Waals surface area (Å²) in [6, 6.07) is 8.13. The molecule has 0 aromatic heterocycles. The van der Waals surface area contributed by atoms with Crippen LogP contribution in [0.4, 0.5) is 10.1 Å². The zero-order chi connectivity index (χ0) is 15.6. The van der Waals surface area contributed by atoms with Crippen LogP contribution in [0.2, 0.25) is 5.02 Å². The average molecular weight is 308 g/mol. The van der Waals surface area contributed by atoms with Crippen LogP contribution in [0, 0.1) is 12.7 Å². The van der Waals surface area contributed by atoms with E-state index in [0.717, 1.165) is 6.07 Å². The number of carboxylic acids is 1. The van der Waals surface area contributed by atoms with E-state index >= 15 is 0 Å². The highest BCUT2D eigenvalue weighted by Gasteiger charge is 2.17. The van der Waals surface area contributed by atoms with E-state index in [-0.39, 0.29) is 16.8 Å². The number of hydrogen-bond acceptors (Lipinski definition) is 2. The molecule has 0 fully saturated rings. The standard InChI is InChI=1S/C15H11ClFNO3/c1-8-7-9(5-6-11(8)16)14(19)18-13-10(15(20)21)3-2-4-12(13)17/h2-7H,1H3,(H,18,19)(H,20,21). The minimum atomic E-state index is -1.32. The van der Waals surface area contributed by atoms with Gasteiger partial charge in [0, 0.05) is 10.6 Å². The number of carbonyl (C=O) groups is 2. The molecule has 2 rings (SSSR count). The molecule has 2 N–H and O–H groups in total. The average Bonchev–Trinajstić information content (AvgIpc) is 2.43. The number of para-hydroxylation sites is 1. The fourth-order valence-corrected chi connectivity index (χ4v) is 1.92.